The van der Waals surface area contributed by atoms with Crippen molar-refractivity contribution in [3.05, 3.63) is 32.4 Å². The molecule has 1 unspecified atom stereocenters. The molecule has 0 radical (unpaired) electrons. The Morgan fingerprint density at radius 3 is 2.84 bits per heavy atom. The van der Waals surface area contributed by atoms with Crippen LogP contribution in [0.15, 0.2) is 18.2 Å². The normalized spacial score (nSPS) is 20.6. The summed E-state index contributed by atoms with van der Waals surface area (Å²) in [6.45, 7) is 7.90. The van der Waals surface area contributed by atoms with E-state index in [1.807, 2.05) is 17.0 Å². The van der Waals surface area contributed by atoms with E-state index in [1.54, 1.807) is 6.07 Å². The van der Waals surface area contributed by atoms with Gasteiger partial charge in [-0.05, 0) is 54.3 Å². The molecule has 1 aromatic rings. The van der Waals surface area contributed by atoms with Gasteiger partial charge in [-0.2, -0.15) is 0 Å². The molecule has 1 aliphatic heterocycles. The highest BCUT2D eigenvalue weighted by molar-refractivity contribution is 14.1. The zero-order valence-corrected chi connectivity index (χ0v) is 14.1. The van der Waals surface area contributed by atoms with Crippen LogP contribution in [0.4, 0.5) is 0 Å². The van der Waals surface area contributed by atoms with Gasteiger partial charge in [0.05, 0.1) is 5.56 Å². The van der Waals surface area contributed by atoms with Crippen molar-refractivity contribution in [3.8, 4) is 0 Å². The summed E-state index contributed by atoms with van der Waals surface area (Å²) >= 11 is 8.18. The van der Waals surface area contributed by atoms with Crippen LogP contribution in [-0.4, -0.2) is 47.9 Å². The van der Waals surface area contributed by atoms with Crippen LogP contribution in [0.2, 0.25) is 5.02 Å². The van der Waals surface area contributed by atoms with Gasteiger partial charge >= 0.3 is 0 Å². The second-order valence-electron chi connectivity index (χ2n) is 4.85. The maximum atomic E-state index is 12.6. The zero-order valence-electron chi connectivity index (χ0n) is 11.2. The van der Waals surface area contributed by atoms with Gasteiger partial charge in [-0.1, -0.05) is 18.5 Å². The number of hydrogen-bond donors (Lipinski definition) is 0. The van der Waals surface area contributed by atoms with Gasteiger partial charge in [0.2, 0.25) is 0 Å². The summed E-state index contributed by atoms with van der Waals surface area (Å²) in [4.78, 5) is 16.9. The van der Waals surface area contributed by atoms with Crippen molar-refractivity contribution >= 4 is 40.1 Å². The number of carbonyl (C=O) groups excluding carboxylic acids is 1. The lowest BCUT2D eigenvalue weighted by Crippen LogP contribution is -2.53. The monoisotopic (exact) mass is 392 g/mol. The number of hydrogen-bond acceptors (Lipinski definition) is 2. The first kappa shape index (κ1) is 15.1. The van der Waals surface area contributed by atoms with Crippen LogP contribution in [0.1, 0.15) is 24.2 Å². The highest BCUT2D eigenvalue weighted by Crippen LogP contribution is 2.21. The molecular weight excluding hydrogens is 375 g/mol. The fourth-order valence-electron chi connectivity index (χ4n) is 2.48. The molecule has 1 saturated heterocycles. The Hall–Kier alpha value is -0.330. The maximum absolute atomic E-state index is 12.6. The van der Waals surface area contributed by atoms with Gasteiger partial charge in [0, 0.05) is 34.3 Å². The molecule has 19 heavy (non-hydrogen) atoms. The first-order chi connectivity index (χ1) is 9.02. The number of likely N-dealkylation sites (N-methyl/N-ethyl adjacent to an activating group) is 1. The van der Waals surface area contributed by atoms with Crippen LogP contribution in [0.25, 0.3) is 0 Å². The minimum atomic E-state index is 0.0921. The second kappa shape index (κ2) is 6.41. The molecule has 0 aromatic heterocycles. The fourth-order valence-corrected chi connectivity index (χ4v) is 3.22. The summed E-state index contributed by atoms with van der Waals surface area (Å²) in [5.41, 5.74) is 0.713. The van der Waals surface area contributed by atoms with Crippen molar-refractivity contribution in [1.29, 1.82) is 0 Å². The molecule has 5 heteroatoms. The van der Waals surface area contributed by atoms with E-state index in [0.717, 1.165) is 29.7 Å². The maximum Gasteiger partial charge on any atom is 0.255 e. The Labute approximate surface area is 133 Å². The molecule has 1 aliphatic rings. The molecular formula is C14H18ClIN2O. The summed E-state index contributed by atoms with van der Waals surface area (Å²) in [5.74, 6) is 0.0921. The van der Waals surface area contributed by atoms with Gasteiger partial charge in [0.1, 0.15) is 0 Å². The third kappa shape index (κ3) is 3.41. The smallest absolute Gasteiger partial charge is 0.255 e. The number of rotatable bonds is 2. The minimum Gasteiger partial charge on any atom is -0.336 e. The van der Waals surface area contributed by atoms with Crippen LogP contribution >= 0.6 is 34.2 Å². The molecule has 1 atom stereocenters. The average molecular weight is 393 g/mol. The van der Waals surface area contributed by atoms with E-state index < -0.39 is 0 Å². The van der Waals surface area contributed by atoms with Crippen molar-refractivity contribution in [3.63, 3.8) is 0 Å². The lowest BCUT2D eigenvalue weighted by molar-refractivity contribution is 0.0527. The van der Waals surface area contributed by atoms with E-state index in [2.05, 4.69) is 41.3 Å². The SMILES string of the molecule is CCN1CCN(C(=O)c2cc(Cl)ccc2I)CC1C. The molecule has 0 spiro atoms. The third-order valence-corrected chi connectivity index (χ3v) is 4.79. The van der Waals surface area contributed by atoms with Crippen molar-refractivity contribution in [2.75, 3.05) is 26.2 Å². The summed E-state index contributed by atoms with van der Waals surface area (Å²) in [5, 5.41) is 0.615. The van der Waals surface area contributed by atoms with E-state index in [-0.39, 0.29) is 5.91 Å². The molecule has 1 heterocycles. The number of piperazine rings is 1. The van der Waals surface area contributed by atoms with Crippen molar-refractivity contribution < 1.29 is 4.79 Å². The molecule has 0 bridgehead atoms. The summed E-state index contributed by atoms with van der Waals surface area (Å²) in [6.07, 6.45) is 0. The molecule has 3 nitrogen and oxygen atoms in total. The van der Waals surface area contributed by atoms with Crippen LogP contribution in [0.5, 0.6) is 0 Å². The number of nitrogens with zero attached hydrogens (tertiary/aromatic N) is 2. The molecule has 1 amide bonds. The summed E-state index contributed by atoms with van der Waals surface area (Å²) < 4.78 is 0.956. The number of halogens is 2. The largest absolute Gasteiger partial charge is 0.336 e. The molecule has 0 saturated carbocycles. The van der Waals surface area contributed by atoms with Gasteiger partial charge < -0.3 is 4.90 Å². The van der Waals surface area contributed by atoms with Crippen LogP contribution < -0.4 is 0 Å². The van der Waals surface area contributed by atoms with Crippen molar-refractivity contribution in [2.45, 2.75) is 19.9 Å². The molecule has 104 valence electrons. The fraction of sp³-hybridized carbons (Fsp3) is 0.500. The van der Waals surface area contributed by atoms with Gasteiger partial charge in [-0.25, -0.2) is 0 Å². The minimum absolute atomic E-state index is 0.0921. The number of benzene rings is 1. The molecule has 0 aliphatic carbocycles. The quantitative estimate of drug-likeness (QED) is 0.722. The highest BCUT2D eigenvalue weighted by Gasteiger charge is 2.27. The Morgan fingerprint density at radius 2 is 2.21 bits per heavy atom. The number of amides is 1. The Bertz CT molecular complexity index is 481. The standard InChI is InChI=1S/C14H18ClIN2O/c1-3-17-6-7-18(9-10(17)2)14(19)12-8-11(15)4-5-13(12)16/h4-5,8,10H,3,6-7,9H2,1-2H3. The average Bonchev–Trinajstić information content (AvgIpc) is 2.40. The van der Waals surface area contributed by atoms with Crippen molar-refractivity contribution in [1.82, 2.24) is 9.80 Å². The van der Waals surface area contributed by atoms with E-state index in [0.29, 0.717) is 16.6 Å². The van der Waals surface area contributed by atoms with E-state index in [1.165, 1.54) is 0 Å². The topological polar surface area (TPSA) is 23.6 Å². The van der Waals surface area contributed by atoms with E-state index in [4.69, 9.17) is 11.6 Å². The third-order valence-electron chi connectivity index (χ3n) is 3.62. The predicted molar refractivity (Wildman–Crippen MR) is 86.8 cm³/mol. The Balaban J connectivity index is 2.14. The first-order valence-electron chi connectivity index (χ1n) is 6.51. The molecule has 2 rings (SSSR count). The second-order valence-corrected chi connectivity index (χ2v) is 6.45. The van der Waals surface area contributed by atoms with Gasteiger partial charge in [-0.15, -0.1) is 0 Å². The Kier molecular flexibility index (Phi) is 5.09. The highest BCUT2D eigenvalue weighted by atomic mass is 127. The van der Waals surface area contributed by atoms with Crippen LogP contribution in [0, 0.1) is 3.57 Å². The summed E-state index contributed by atoms with van der Waals surface area (Å²) in [6, 6.07) is 5.89. The van der Waals surface area contributed by atoms with Crippen LogP contribution in [0.3, 0.4) is 0 Å². The first-order valence-corrected chi connectivity index (χ1v) is 7.97. The zero-order chi connectivity index (χ0) is 14.0. The lowest BCUT2D eigenvalue weighted by atomic mass is 10.1. The summed E-state index contributed by atoms with van der Waals surface area (Å²) in [7, 11) is 0. The molecule has 0 N–H and O–H groups in total. The molecule has 1 fully saturated rings. The van der Waals surface area contributed by atoms with Gasteiger partial charge in [-0.3, -0.25) is 9.69 Å². The lowest BCUT2D eigenvalue weighted by Gasteiger charge is -2.39. The van der Waals surface area contributed by atoms with Crippen molar-refractivity contribution in [2.24, 2.45) is 0 Å². The Morgan fingerprint density at radius 1 is 1.47 bits per heavy atom. The van der Waals surface area contributed by atoms with E-state index >= 15 is 0 Å². The molecule has 1 aromatic carbocycles. The predicted octanol–water partition coefficient (Wildman–Crippen LogP) is 3.11. The van der Waals surface area contributed by atoms with Gasteiger partial charge in [0.15, 0.2) is 0 Å². The van der Waals surface area contributed by atoms with Gasteiger partial charge in [0.25, 0.3) is 5.91 Å². The van der Waals surface area contributed by atoms with Crippen LogP contribution in [-0.2, 0) is 0 Å². The van der Waals surface area contributed by atoms with E-state index in [9.17, 15) is 4.79 Å². The number of carbonyl (C=O) groups is 1.